The summed E-state index contributed by atoms with van der Waals surface area (Å²) >= 11 is 0. The van der Waals surface area contributed by atoms with Crippen LogP contribution in [-0.4, -0.2) is 16.7 Å². The van der Waals surface area contributed by atoms with Gasteiger partial charge in [-0.3, -0.25) is 9.59 Å². The molecule has 15 heavy (non-hydrogen) atoms. The Hall–Kier alpha value is -2.17. The third-order valence-corrected chi connectivity index (χ3v) is 1.98. The maximum atomic E-state index is 11.3. The number of amides is 1. The summed E-state index contributed by atoms with van der Waals surface area (Å²) in [4.78, 5) is 26.0. The summed E-state index contributed by atoms with van der Waals surface area (Å²) < 4.78 is 5.22. The second-order valence-corrected chi connectivity index (χ2v) is 3.11. The zero-order chi connectivity index (χ0) is 11.0. The molecule has 1 heterocycles. The van der Waals surface area contributed by atoms with Gasteiger partial charge >= 0.3 is 0 Å². The van der Waals surface area contributed by atoms with Crippen molar-refractivity contribution in [3.05, 3.63) is 29.7 Å². The maximum Gasteiger partial charge on any atom is 0.289 e. The van der Waals surface area contributed by atoms with Gasteiger partial charge in [0.25, 0.3) is 5.91 Å². The standard InChI is InChI=1S/C10H8N2O3/c1-5-12-7-3-2-6(4-8(7)15-5)9(13)10(11)14/h2-4H,1H3,(H2,11,14). The van der Waals surface area contributed by atoms with Crippen LogP contribution >= 0.6 is 0 Å². The predicted molar refractivity (Wildman–Crippen MR) is 52.3 cm³/mol. The van der Waals surface area contributed by atoms with Crippen LogP contribution in [-0.2, 0) is 4.79 Å². The van der Waals surface area contributed by atoms with Crippen LogP contribution in [0.4, 0.5) is 0 Å². The van der Waals surface area contributed by atoms with Crippen LogP contribution in [0.1, 0.15) is 16.2 Å². The van der Waals surface area contributed by atoms with Crippen molar-refractivity contribution in [2.45, 2.75) is 6.92 Å². The highest BCUT2D eigenvalue weighted by molar-refractivity contribution is 6.42. The highest BCUT2D eigenvalue weighted by atomic mass is 16.3. The second-order valence-electron chi connectivity index (χ2n) is 3.11. The molecule has 0 bridgehead atoms. The molecule has 2 aromatic rings. The second kappa shape index (κ2) is 3.20. The average Bonchev–Trinajstić information content (AvgIpc) is 2.55. The summed E-state index contributed by atoms with van der Waals surface area (Å²) in [6.45, 7) is 1.70. The number of Topliss-reactive ketones (excluding diaryl/α,β-unsaturated/α-hetero) is 1. The zero-order valence-corrected chi connectivity index (χ0v) is 7.98. The van der Waals surface area contributed by atoms with E-state index in [0.717, 1.165) is 0 Å². The molecule has 1 amide bonds. The Kier molecular flexibility index (Phi) is 2.00. The van der Waals surface area contributed by atoms with Crippen LogP contribution in [0, 0.1) is 6.92 Å². The molecule has 0 fully saturated rings. The van der Waals surface area contributed by atoms with Crippen LogP contribution in [0.5, 0.6) is 0 Å². The molecule has 0 radical (unpaired) electrons. The molecule has 0 aliphatic rings. The first kappa shape index (κ1) is 9.39. The molecule has 0 saturated carbocycles. The number of carbonyl (C=O) groups is 2. The number of hydrogen-bond donors (Lipinski definition) is 1. The molecule has 1 aromatic carbocycles. The molecular formula is C10H8N2O3. The van der Waals surface area contributed by atoms with Gasteiger partial charge in [0, 0.05) is 12.5 Å². The highest BCUT2D eigenvalue weighted by Crippen LogP contribution is 2.16. The Morgan fingerprint density at radius 2 is 2.13 bits per heavy atom. The summed E-state index contributed by atoms with van der Waals surface area (Å²) in [6, 6.07) is 4.57. The van der Waals surface area contributed by atoms with Crippen LogP contribution < -0.4 is 5.73 Å². The SMILES string of the molecule is Cc1nc2ccc(C(=O)C(N)=O)cc2o1. The van der Waals surface area contributed by atoms with E-state index >= 15 is 0 Å². The fourth-order valence-corrected chi connectivity index (χ4v) is 1.32. The summed E-state index contributed by atoms with van der Waals surface area (Å²) in [7, 11) is 0. The molecule has 5 heteroatoms. The number of nitrogens with two attached hydrogens (primary N) is 1. The fourth-order valence-electron chi connectivity index (χ4n) is 1.32. The summed E-state index contributed by atoms with van der Waals surface area (Å²) in [6.07, 6.45) is 0. The lowest BCUT2D eigenvalue weighted by Gasteiger charge is -1.94. The van der Waals surface area contributed by atoms with Crippen molar-refractivity contribution in [1.82, 2.24) is 4.98 Å². The van der Waals surface area contributed by atoms with Crippen molar-refractivity contribution in [2.75, 3.05) is 0 Å². The molecule has 0 aliphatic heterocycles. The highest BCUT2D eigenvalue weighted by Gasteiger charge is 2.13. The minimum absolute atomic E-state index is 0.214. The van der Waals surface area contributed by atoms with Gasteiger partial charge < -0.3 is 10.2 Å². The number of carbonyl (C=O) groups excluding carboxylic acids is 2. The van der Waals surface area contributed by atoms with Gasteiger partial charge in [-0.1, -0.05) is 0 Å². The molecule has 2 rings (SSSR count). The Morgan fingerprint density at radius 3 is 2.80 bits per heavy atom. The van der Waals surface area contributed by atoms with E-state index in [1.54, 1.807) is 13.0 Å². The van der Waals surface area contributed by atoms with E-state index in [1.807, 2.05) is 0 Å². The van der Waals surface area contributed by atoms with Gasteiger partial charge in [-0.15, -0.1) is 0 Å². The van der Waals surface area contributed by atoms with Gasteiger partial charge in [-0.2, -0.15) is 0 Å². The van der Waals surface area contributed by atoms with Crippen molar-refractivity contribution in [1.29, 1.82) is 0 Å². The Balaban J connectivity index is 2.55. The number of fused-ring (bicyclic) bond motifs is 1. The predicted octanol–water partition coefficient (Wildman–Crippen LogP) is 0.804. The summed E-state index contributed by atoms with van der Waals surface area (Å²) in [5, 5.41) is 0. The quantitative estimate of drug-likeness (QED) is 0.579. The largest absolute Gasteiger partial charge is 0.441 e. The molecule has 0 unspecified atom stereocenters. The van der Waals surface area contributed by atoms with E-state index < -0.39 is 11.7 Å². The van der Waals surface area contributed by atoms with Gasteiger partial charge in [0.05, 0.1) is 0 Å². The van der Waals surface area contributed by atoms with E-state index in [9.17, 15) is 9.59 Å². The Morgan fingerprint density at radius 1 is 1.40 bits per heavy atom. The Bertz CT molecular complexity index is 557. The minimum Gasteiger partial charge on any atom is -0.441 e. The first-order chi connectivity index (χ1) is 7.08. The number of oxazole rings is 1. The van der Waals surface area contributed by atoms with Gasteiger partial charge in [0.2, 0.25) is 5.78 Å². The molecule has 0 saturated heterocycles. The number of primary amides is 1. The van der Waals surface area contributed by atoms with Gasteiger partial charge in [0.1, 0.15) is 5.52 Å². The number of aryl methyl sites for hydroxylation is 1. The molecular weight excluding hydrogens is 196 g/mol. The lowest BCUT2D eigenvalue weighted by molar-refractivity contribution is -0.114. The van der Waals surface area contributed by atoms with Crippen LogP contribution in [0.25, 0.3) is 11.1 Å². The van der Waals surface area contributed by atoms with Gasteiger partial charge in [0.15, 0.2) is 11.5 Å². The molecule has 5 nitrogen and oxygen atoms in total. The number of aromatic nitrogens is 1. The monoisotopic (exact) mass is 204 g/mol. The van der Waals surface area contributed by atoms with Crippen LogP contribution in [0.15, 0.2) is 22.6 Å². The van der Waals surface area contributed by atoms with E-state index in [0.29, 0.717) is 17.0 Å². The number of ketones is 1. The van der Waals surface area contributed by atoms with Crippen molar-refractivity contribution in [3.63, 3.8) is 0 Å². The summed E-state index contributed by atoms with van der Waals surface area (Å²) in [5.74, 6) is -1.20. The average molecular weight is 204 g/mol. The normalized spacial score (nSPS) is 10.5. The molecule has 0 spiro atoms. The fraction of sp³-hybridized carbons (Fsp3) is 0.100. The van der Waals surface area contributed by atoms with Crippen molar-refractivity contribution >= 4 is 22.8 Å². The van der Waals surface area contributed by atoms with Crippen molar-refractivity contribution in [3.8, 4) is 0 Å². The molecule has 76 valence electrons. The van der Waals surface area contributed by atoms with Crippen LogP contribution in [0.3, 0.4) is 0 Å². The number of benzene rings is 1. The van der Waals surface area contributed by atoms with E-state index in [-0.39, 0.29) is 5.56 Å². The lowest BCUT2D eigenvalue weighted by Crippen LogP contribution is -2.22. The van der Waals surface area contributed by atoms with Crippen molar-refractivity contribution < 1.29 is 14.0 Å². The summed E-state index contributed by atoms with van der Waals surface area (Å²) in [5.41, 5.74) is 6.22. The van der Waals surface area contributed by atoms with Gasteiger partial charge in [-0.25, -0.2) is 4.98 Å². The van der Waals surface area contributed by atoms with E-state index in [2.05, 4.69) is 4.98 Å². The third-order valence-electron chi connectivity index (χ3n) is 1.98. The first-order valence-corrected chi connectivity index (χ1v) is 4.29. The maximum absolute atomic E-state index is 11.3. The smallest absolute Gasteiger partial charge is 0.289 e. The number of rotatable bonds is 2. The number of nitrogens with zero attached hydrogens (tertiary/aromatic N) is 1. The Labute approximate surface area is 84.9 Å². The first-order valence-electron chi connectivity index (χ1n) is 4.29. The van der Waals surface area contributed by atoms with Gasteiger partial charge in [-0.05, 0) is 18.2 Å². The van der Waals surface area contributed by atoms with Crippen LogP contribution in [0.2, 0.25) is 0 Å². The minimum atomic E-state index is -0.981. The number of hydrogen-bond acceptors (Lipinski definition) is 4. The third kappa shape index (κ3) is 1.59. The zero-order valence-electron chi connectivity index (χ0n) is 7.98. The topological polar surface area (TPSA) is 86.2 Å². The molecule has 0 atom stereocenters. The lowest BCUT2D eigenvalue weighted by atomic mass is 10.1. The molecule has 0 aliphatic carbocycles. The molecule has 2 N–H and O–H groups in total. The van der Waals surface area contributed by atoms with Crippen molar-refractivity contribution in [2.24, 2.45) is 5.73 Å². The van der Waals surface area contributed by atoms with E-state index in [4.69, 9.17) is 10.2 Å². The molecule has 1 aromatic heterocycles. The van der Waals surface area contributed by atoms with E-state index in [1.165, 1.54) is 12.1 Å².